The minimum atomic E-state index is 0.312. The fraction of sp³-hybridized carbons (Fsp3) is 0.333. The molecule has 1 radical (unpaired) electrons. The van der Waals surface area contributed by atoms with E-state index in [0.717, 1.165) is 19.3 Å². The Morgan fingerprint density at radius 1 is 1.15 bits per heavy atom. The Kier molecular flexibility index (Phi) is 2.44. The number of rotatable bonds is 1. The monoisotopic (exact) mass is 173 g/mol. The van der Waals surface area contributed by atoms with Crippen LogP contribution in [0.3, 0.4) is 0 Å². The molecular weight excluding hydrogens is 160 g/mol. The van der Waals surface area contributed by atoms with E-state index in [0.29, 0.717) is 11.7 Å². The minimum absolute atomic E-state index is 0.312. The van der Waals surface area contributed by atoms with E-state index in [1.165, 1.54) is 5.56 Å². The van der Waals surface area contributed by atoms with Crippen molar-refractivity contribution in [1.29, 1.82) is 0 Å². The first kappa shape index (κ1) is 8.49. The summed E-state index contributed by atoms with van der Waals surface area (Å²) in [5.74, 6) is 0.881. The molecule has 1 aliphatic carbocycles. The smallest absolute Gasteiger partial charge is 0.136 e. The molecule has 1 saturated carbocycles. The highest BCUT2D eigenvalue weighted by Gasteiger charge is 2.19. The molecule has 0 N–H and O–H groups in total. The van der Waals surface area contributed by atoms with Gasteiger partial charge in [0.2, 0.25) is 0 Å². The number of Topliss-reactive ketones (excluding diaryl/α,β-unsaturated/α-hetero) is 1. The summed E-state index contributed by atoms with van der Waals surface area (Å²) >= 11 is 0. The lowest BCUT2D eigenvalue weighted by molar-refractivity contribution is -0.117. The molecule has 1 aliphatic rings. The minimum Gasteiger partial charge on any atom is -0.299 e. The van der Waals surface area contributed by atoms with E-state index >= 15 is 0 Å². The molecular formula is C12H13O. The Balaban J connectivity index is 2.07. The molecule has 0 saturated heterocycles. The summed E-state index contributed by atoms with van der Waals surface area (Å²) in [5, 5.41) is 0. The maximum atomic E-state index is 11.0. The van der Waals surface area contributed by atoms with E-state index in [9.17, 15) is 4.79 Å². The van der Waals surface area contributed by atoms with Gasteiger partial charge in [0.05, 0.1) is 0 Å². The average Bonchev–Trinajstić information content (AvgIpc) is 2.20. The number of benzene rings is 1. The quantitative estimate of drug-likeness (QED) is 0.638. The maximum Gasteiger partial charge on any atom is 0.136 e. The molecule has 1 aromatic rings. The van der Waals surface area contributed by atoms with E-state index < -0.39 is 0 Å². The maximum absolute atomic E-state index is 11.0. The van der Waals surface area contributed by atoms with Gasteiger partial charge in [0.25, 0.3) is 0 Å². The summed E-state index contributed by atoms with van der Waals surface area (Å²) in [6.45, 7) is 0. The second-order valence-corrected chi connectivity index (χ2v) is 3.55. The highest BCUT2D eigenvalue weighted by atomic mass is 16.1. The van der Waals surface area contributed by atoms with E-state index in [2.05, 4.69) is 24.3 Å². The summed E-state index contributed by atoms with van der Waals surface area (Å²) in [6, 6.07) is 10.4. The first-order chi connectivity index (χ1) is 6.36. The van der Waals surface area contributed by atoms with Crippen LogP contribution in [-0.4, -0.2) is 5.78 Å². The van der Waals surface area contributed by atoms with Crippen LogP contribution in [0.4, 0.5) is 0 Å². The van der Waals surface area contributed by atoms with Crippen molar-refractivity contribution in [2.45, 2.75) is 25.2 Å². The summed E-state index contributed by atoms with van der Waals surface area (Å²) < 4.78 is 0. The van der Waals surface area contributed by atoms with Crippen molar-refractivity contribution >= 4 is 5.78 Å². The molecule has 2 rings (SSSR count). The van der Waals surface area contributed by atoms with Crippen molar-refractivity contribution in [1.82, 2.24) is 0 Å². The van der Waals surface area contributed by atoms with Gasteiger partial charge in [0.1, 0.15) is 5.78 Å². The van der Waals surface area contributed by atoms with Gasteiger partial charge in [-0.05, 0) is 24.3 Å². The highest BCUT2D eigenvalue weighted by Crippen LogP contribution is 2.30. The van der Waals surface area contributed by atoms with Crippen LogP contribution in [0.25, 0.3) is 0 Å². The summed E-state index contributed by atoms with van der Waals surface area (Å²) in [5.41, 5.74) is 1.37. The fourth-order valence-electron chi connectivity index (χ4n) is 1.84. The van der Waals surface area contributed by atoms with Crippen molar-refractivity contribution in [3.63, 3.8) is 0 Å². The zero-order chi connectivity index (χ0) is 9.10. The van der Waals surface area contributed by atoms with Gasteiger partial charge in [-0.1, -0.05) is 30.3 Å². The molecule has 0 amide bonds. The summed E-state index contributed by atoms with van der Waals surface area (Å²) in [6.07, 6.45) is 4.49. The van der Waals surface area contributed by atoms with Gasteiger partial charge in [0, 0.05) is 12.8 Å². The van der Waals surface area contributed by atoms with Crippen molar-refractivity contribution < 1.29 is 4.79 Å². The molecule has 67 valence electrons. The zero-order valence-electron chi connectivity index (χ0n) is 7.57. The SMILES string of the molecule is O=C1[CH]CC(c2ccccc2)CC1. The lowest BCUT2D eigenvalue weighted by Crippen LogP contribution is -2.12. The number of ketones is 1. The van der Waals surface area contributed by atoms with Crippen molar-refractivity contribution in [2.75, 3.05) is 0 Å². The summed E-state index contributed by atoms with van der Waals surface area (Å²) in [4.78, 5) is 11.0. The van der Waals surface area contributed by atoms with Crippen molar-refractivity contribution in [2.24, 2.45) is 0 Å². The van der Waals surface area contributed by atoms with E-state index in [-0.39, 0.29) is 0 Å². The van der Waals surface area contributed by atoms with Gasteiger partial charge in [-0.15, -0.1) is 0 Å². The average molecular weight is 173 g/mol. The number of hydrogen-bond acceptors (Lipinski definition) is 1. The number of carbonyl (C=O) groups excluding carboxylic acids is 1. The normalized spacial score (nSPS) is 18.9. The van der Waals surface area contributed by atoms with Gasteiger partial charge >= 0.3 is 0 Å². The van der Waals surface area contributed by atoms with Gasteiger partial charge in [-0.25, -0.2) is 0 Å². The molecule has 13 heavy (non-hydrogen) atoms. The molecule has 0 heterocycles. The first-order valence-electron chi connectivity index (χ1n) is 4.77. The topological polar surface area (TPSA) is 17.1 Å². The number of carbonyl (C=O) groups is 1. The Labute approximate surface area is 78.8 Å². The first-order valence-corrected chi connectivity index (χ1v) is 4.77. The molecule has 1 heteroatoms. The lowest BCUT2D eigenvalue weighted by atomic mass is 9.84. The lowest BCUT2D eigenvalue weighted by Gasteiger charge is -2.20. The standard InChI is InChI=1S/C12H13O/c13-12-8-6-11(7-9-12)10-4-2-1-3-5-10/h1-5,8,11H,6-7,9H2. The van der Waals surface area contributed by atoms with Crippen molar-refractivity contribution in [3.8, 4) is 0 Å². The van der Waals surface area contributed by atoms with Gasteiger partial charge in [-0.3, -0.25) is 4.79 Å². The zero-order valence-corrected chi connectivity index (χ0v) is 7.57. The van der Waals surface area contributed by atoms with Gasteiger partial charge < -0.3 is 0 Å². The molecule has 0 spiro atoms. The molecule has 1 nitrogen and oxygen atoms in total. The predicted octanol–water partition coefficient (Wildman–Crippen LogP) is 2.73. The van der Waals surface area contributed by atoms with E-state index in [4.69, 9.17) is 0 Å². The second-order valence-electron chi connectivity index (χ2n) is 3.55. The van der Waals surface area contributed by atoms with Crippen molar-refractivity contribution in [3.05, 3.63) is 42.3 Å². The van der Waals surface area contributed by atoms with Gasteiger partial charge in [-0.2, -0.15) is 0 Å². The van der Waals surface area contributed by atoms with Crippen LogP contribution < -0.4 is 0 Å². The third kappa shape index (κ3) is 1.97. The highest BCUT2D eigenvalue weighted by molar-refractivity contribution is 5.87. The molecule has 0 bridgehead atoms. The molecule has 0 aromatic heterocycles. The Hall–Kier alpha value is -1.11. The van der Waals surface area contributed by atoms with Crippen LogP contribution in [0, 0.1) is 6.42 Å². The van der Waals surface area contributed by atoms with Crippen LogP contribution in [0.1, 0.15) is 30.7 Å². The van der Waals surface area contributed by atoms with E-state index in [1.54, 1.807) is 0 Å². The van der Waals surface area contributed by atoms with Crippen LogP contribution in [0.15, 0.2) is 30.3 Å². The van der Waals surface area contributed by atoms with Crippen LogP contribution >= 0.6 is 0 Å². The van der Waals surface area contributed by atoms with Crippen LogP contribution in [0.2, 0.25) is 0 Å². The molecule has 1 unspecified atom stereocenters. The Morgan fingerprint density at radius 2 is 1.92 bits per heavy atom. The molecule has 1 aromatic carbocycles. The molecule has 1 fully saturated rings. The third-order valence-corrected chi connectivity index (χ3v) is 2.64. The van der Waals surface area contributed by atoms with Crippen LogP contribution in [0.5, 0.6) is 0 Å². The Morgan fingerprint density at radius 3 is 2.54 bits per heavy atom. The van der Waals surface area contributed by atoms with E-state index in [1.807, 2.05) is 12.5 Å². The predicted molar refractivity (Wildman–Crippen MR) is 52.3 cm³/mol. The number of hydrogen-bond donors (Lipinski definition) is 0. The second kappa shape index (κ2) is 3.73. The molecule has 1 atom stereocenters. The summed E-state index contributed by atoms with van der Waals surface area (Å²) in [7, 11) is 0. The molecule has 0 aliphatic heterocycles. The van der Waals surface area contributed by atoms with Crippen LogP contribution in [-0.2, 0) is 4.79 Å². The third-order valence-electron chi connectivity index (χ3n) is 2.64. The Bertz CT molecular complexity index is 279. The largest absolute Gasteiger partial charge is 0.299 e. The van der Waals surface area contributed by atoms with Gasteiger partial charge in [0.15, 0.2) is 0 Å². The fourth-order valence-corrected chi connectivity index (χ4v) is 1.84.